The monoisotopic (exact) mass is 210 g/mol. The minimum atomic E-state index is 0.261. The highest BCUT2D eigenvalue weighted by atomic mass is 16.2. The van der Waals surface area contributed by atoms with Gasteiger partial charge >= 0.3 is 0 Å². The average molecular weight is 210 g/mol. The van der Waals surface area contributed by atoms with Crippen molar-refractivity contribution in [1.29, 1.82) is 0 Å². The lowest BCUT2D eigenvalue weighted by atomic mass is 9.75. The Morgan fingerprint density at radius 3 is 2.53 bits per heavy atom. The molecular weight excluding hydrogens is 188 g/mol. The Morgan fingerprint density at radius 1 is 1.47 bits per heavy atom. The normalized spacial score (nSPS) is 23.3. The van der Waals surface area contributed by atoms with Crippen LogP contribution in [0.15, 0.2) is 0 Å². The first kappa shape index (κ1) is 10.9. The molecule has 0 radical (unpaired) electrons. The molecule has 15 heavy (non-hydrogen) atoms. The molecule has 0 aromatic carbocycles. The molecule has 3 nitrogen and oxygen atoms in total. The van der Waals surface area contributed by atoms with Crippen molar-refractivity contribution in [3.63, 3.8) is 0 Å². The van der Waals surface area contributed by atoms with Crippen LogP contribution in [0.4, 0.5) is 0 Å². The van der Waals surface area contributed by atoms with Crippen LogP contribution in [0.3, 0.4) is 0 Å². The molecule has 0 aliphatic heterocycles. The number of carbonyl (C=O) groups excluding carboxylic acids is 1. The van der Waals surface area contributed by atoms with Gasteiger partial charge in [-0.1, -0.05) is 6.92 Å². The largest absolute Gasteiger partial charge is 0.342 e. The SMILES string of the molecule is CCC1(NCC(=O)N(C)C2CC2)CCC1. The first-order valence-electron chi connectivity index (χ1n) is 6.17. The molecule has 3 heteroatoms. The smallest absolute Gasteiger partial charge is 0.236 e. The lowest BCUT2D eigenvalue weighted by Gasteiger charge is -2.42. The quantitative estimate of drug-likeness (QED) is 0.746. The van der Waals surface area contributed by atoms with Gasteiger partial charge in [-0.25, -0.2) is 0 Å². The summed E-state index contributed by atoms with van der Waals surface area (Å²) < 4.78 is 0. The lowest BCUT2D eigenvalue weighted by molar-refractivity contribution is -0.130. The Labute approximate surface area is 92.2 Å². The van der Waals surface area contributed by atoms with E-state index in [2.05, 4.69) is 12.2 Å². The predicted octanol–water partition coefficient (Wildman–Crippen LogP) is 1.53. The van der Waals surface area contributed by atoms with E-state index in [1.807, 2.05) is 11.9 Å². The Morgan fingerprint density at radius 2 is 2.13 bits per heavy atom. The third-order valence-corrected chi connectivity index (χ3v) is 4.09. The maximum absolute atomic E-state index is 11.8. The fourth-order valence-corrected chi connectivity index (χ4v) is 2.31. The van der Waals surface area contributed by atoms with Crippen molar-refractivity contribution in [2.24, 2.45) is 0 Å². The summed E-state index contributed by atoms with van der Waals surface area (Å²) >= 11 is 0. The van der Waals surface area contributed by atoms with Crippen LogP contribution in [0.2, 0.25) is 0 Å². The first-order valence-corrected chi connectivity index (χ1v) is 6.17. The van der Waals surface area contributed by atoms with E-state index in [1.165, 1.54) is 32.1 Å². The molecule has 2 fully saturated rings. The van der Waals surface area contributed by atoms with Gasteiger partial charge in [-0.2, -0.15) is 0 Å². The van der Waals surface area contributed by atoms with E-state index in [4.69, 9.17) is 0 Å². The molecular formula is C12H22N2O. The van der Waals surface area contributed by atoms with Crippen molar-refractivity contribution in [2.75, 3.05) is 13.6 Å². The number of carbonyl (C=O) groups is 1. The minimum Gasteiger partial charge on any atom is -0.342 e. The van der Waals surface area contributed by atoms with Gasteiger partial charge in [0.25, 0.3) is 0 Å². The molecule has 1 amide bonds. The second kappa shape index (κ2) is 4.12. The zero-order valence-electron chi connectivity index (χ0n) is 9.88. The van der Waals surface area contributed by atoms with E-state index < -0.39 is 0 Å². The van der Waals surface area contributed by atoms with Gasteiger partial charge in [0.2, 0.25) is 5.91 Å². The maximum Gasteiger partial charge on any atom is 0.236 e. The van der Waals surface area contributed by atoms with Gasteiger partial charge in [-0.3, -0.25) is 4.79 Å². The van der Waals surface area contributed by atoms with E-state index in [0.717, 1.165) is 6.42 Å². The molecule has 0 saturated heterocycles. The van der Waals surface area contributed by atoms with Gasteiger partial charge in [0.05, 0.1) is 6.54 Å². The molecule has 2 saturated carbocycles. The van der Waals surface area contributed by atoms with Crippen molar-refractivity contribution in [3.8, 4) is 0 Å². The van der Waals surface area contributed by atoms with Crippen LogP contribution >= 0.6 is 0 Å². The molecule has 2 rings (SSSR count). The lowest BCUT2D eigenvalue weighted by Crippen LogP contribution is -2.53. The van der Waals surface area contributed by atoms with Crippen molar-refractivity contribution in [3.05, 3.63) is 0 Å². The summed E-state index contributed by atoms with van der Waals surface area (Å²) in [5, 5.41) is 3.45. The summed E-state index contributed by atoms with van der Waals surface area (Å²) in [6.07, 6.45) is 7.33. The Balaban J connectivity index is 1.74. The van der Waals surface area contributed by atoms with Crippen LogP contribution in [-0.2, 0) is 4.79 Å². The molecule has 2 aliphatic rings. The second-order valence-corrected chi connectivity index (χ2v) is 5.08. The van der Waals surface area contributed by atoms with E-state index in [-0.39, 0.29) is 5.91 Å². The van der Waals surface area contributed by atoms with Crippen molar-refractivity contribution in [2.45, 2.75) is 57.0 Å². The Bertz CT molecular complexity index is 238. The number of nitrogens with zero attached hydrogens (tertiary/aromatic N) is 1. The molecule has 2 aliphatic carbocycles. The summed E-state index contributed by atoms with van der Waals surface area (Å²) in [5.74, 6) is 0.261. The van der Waals surface area contributed by atoms with Crippen molar-refractivity contribution >= 4 is 5.91 Å². The summed E-state index contributed by atoms with van der Waals surface area (Å²) in [7, 11) is 1.93. The molecule has 0 heterocycles. The first-order chi connectivity index (χ1) is 7.17. The number of amides is 1. The molecule has 0 spiro atoms. The summed E-state index contributed by atoms with van der Waals surface area (Å²) in [4.78, 5) is 13.7. The molecule has 0 unspecified atom stereocenters. The molecule has 0 atom stereocenters. The summed E-state index contributed by atoms with van der Waals surface area (Å²) in [6.45, 7) is 2.74. The third kappa shape index (κ3) is 2.33. The summed E-state index contributed by atoms with van der Waals surface area (Å²) in [6, 6.07) is 0.540. The van der Waals surface area contributed by atoms with Crippen LogP contribution < -0.4 is 5.32 Å². The Hall–Kier alpha value is -0.570. The highest BCUT2D eigenvalue weighted by molar-refractivity contribution is 5.78. The van der Waals surface area contributed by atoms with Crippen LogP contribution in [0, 0.1) is 0 Å². The molecule has 1 N–H and O–H groups in total. The third-order valence-electron chi connectivity index (χ3n) is 4.09. The van der Waals surface area contributed by atoms with Crippen LogP contribution in [0.1, 0.15) is 45.4 Å². The number of rotatable bonds is 5. The second-order valence-electron chi connectivity index (χ2n) is 5.08. The number of nitrogens with one attached hydrogen (secondary N) is 1. The van der Waals surface area contributed by atoms with Crippen LogP contribution in [0.25, 0.3) is 0 Å². The van der Waals surface area contributed by atoms with Crippen molar-refractivity contribution in [1.82, 2.24) is 10.2 Å². The number of hydrogen-bond donors (Lipinski definition) is 1. The topological polar surface area (TPSA) is 32.3 Å². The number of hydrogen-bond acceptors (Lipinski definition) is 2. The average Bonchev–Trinajstić information content (AvgIpc) is 2.98. The van der Waals surface area contributed by atoms with Gasteiger partial charge in [0.1, 0.15) is 0 Å². The van der Waals surface area contributed by atoms with Gasteiger partial charge < -0.3 is 10.2 Å². The van der Waals surface area contributed by atoms with Gasteiger partial charge in [-0.15, -0.1) is 0 Å². The van der Waals surface area contributed by atoms with Crippen LogP contribution in [-0.4, -0.2) is 36.0 Å². The zero-order chi connectivity index (χ0) is 10.9. The molecule has 0 aromatic rings. The standard InChI is InChI=1S/C12H22N2O/c1-3-12(7-4-8-12)13-9-11(15)14(2)10-5-6-10/h10,13H,3-9H2,1-2H3. The van der Waals surface area contributed by atoms with Gasteiger partial charge in [-0.05, 0) is 38.5 Å². The van der Waals surface area contributed by atoms with E-state index in [0.29, 0.717) is 18.1 Å². The zero-order valence-corrected chi connectivity index (χ0v) is 9.88. The Kier molecular flexibility index (Phi) is 3.01. The highest BCUT2D eigenvalue weighted by Crippen LogP contribution is 2.34. The molecule has 0 bridgehead atoms. The highest BCUT2D eigenvalue weighted by Gasteiger charge is 2.36. The molecule has 0 aromatic heterocycles. The van der Waals surface area contributed by atoms with Gasteiger partial charge in [0, 0.05) is 18.6 Å². The van der Waals surface area contributed by atoms with E-state index >= 15 is 0 Å². The fourth-order valence-electron chi connectivity index (χ4n) is 2.31. The summed E-state index contributed by atoms with van der Waals surface area (Å²) in [5.41, 5.74) is 0.292. The minimum absolute atomic E-state index is 0.261. The molecule has 86 valence electrons. The van der Waals surface area contributed by atoms with Crippen LogP contribution in [0.5, 0.6) is 0 Å². The van der Waals surface area contributed by atoms with E-state index in [9.17, 15) is 4.79 Å². The predicted molar refractivity (Wildman–Crippen MR) is 60.7 cm³/mol. The van der Waals surface area contributed by atoms with Crippen molar-refractivity contribution < 1.29 is 4.79 Å². The van der Waals surface area contributed by atoms with E-state index in [1.54, 1.807) is 0 Å². The maximum atomic E-state index is 11.8. The fraction of sp³-hybridized carbons (Fsp3) is 0.917. The number of likely N-dealkylation sites (N-methyl/N-ethyl adjacent to an activating group) is 1. The van der Waals surface area contributed by atoms with Gasteiger partial charge in [0.15, 0.2) is 0 Å².